The molecule has 0 N–H and O–H groups in total. The second kappa shape index (κ2) is 7.23. The molecule has 0 spiro atoms. The Labute approximate surface area is 151 Å². The van der Waals surface area contributed by atoms with Crippen LogP contribution in [0.25, 0.3) is 0 Å². The largest absolute Gasteiger partial charge is 0.340 e. The van der Waals surface area contributed by atoms with Crippen LogP contribution < -0.4 is 4.90 Å². The molecule has 0 aliphatic carbocycles. The van der Waals surface area contributed by atoms with E-state index >= 15 is 0 Å². The van der Waals surface area contributed by atoms with Crippen molar-refractivity contribution in [3.63, 3.8) is 0 Å². The van der Waals surface area contributed by atoms with Crippen molar-refractivity contribution in [3.8, 4) is 0 Å². The molecule has 0 radical (unpaired) electrons. The van der Waals surface area contributed by atoms with E-state index < -0.39 is 0 Å². The smallest absolute Gasteiger partial charge is 0.228 e. The van der Waals surface area contributed by atoms with E-state index in [1.54, 1.807) is 4.90 Å². The molecule has 0 saturated carbocycles. The molecule has 1 atom stereocenters. The molecular formula is C18H24BrN3O2. The van der Waals surface area contributed by atoms with Gasteiger partial charge in [0.25, 0.3) is 0 Å². The average Bonchev–Trinajstić information content (AvgIpc) is 2.96. The molecule has 2 aliphatic heterocycles. The summed E-state index contributed by atoms with van der Waals surface area (Å²) in [6.07, 6.45) is 0.313. The van der Waals surface area contributed by atoms with Crippen LogP contribution in [0.2, 0.25) is 0 Å². The first-order valence-electron chi connectivity index (χ1n) is 8.57. The van der Waals surface area contributed by atoms with Crippen molar-refractivity contribution in [1.29, 1.82) is 0 Å². The molecule has 2 aliphatic rings. The monoisotopic (exact) mass is 393 g/mol. The number of piperazine rings is 1. The van der Waals surface area contributed by atoms with E-state index in [0.29, 0.717) is 13.0 Å². The van der Waals surface area contributed by atoms with Crippen molar-refractivity contribution in [2.45, 2.75) is 20.3 Å². The van der Waals surface area contributed by atoms with Crippen molar-refractivity contribution in [2.75, 3.05) is 44.2 Å². The Kier molecular flexibility index (Phi) is 5.25. The number of carbonyl (C=O) groups is 2. The summed E-state index contributed by atoms with van der Waals surface area (Å²) in [7, 11) is 0. The Morgan fingerprint density at radius 2 is 1.96 bits per heavy atom. The molecule has 5 nitrogen and oxygen atoms in total. The third kappa shape index (κ3) is 3.49. The Morgan fingerprint density at radius 3 is 2.58 bits per heavy atom. The lowest BCUT2D eigenvalue weighted by atomic mass is 10.1. The predicted octanol–water partition coefficient (Wildman–Crippen LogP) is 2.27. The molecule has 1 aromatic carbocycles. The second-order valence-electron chi connectivity index (χ2n) is 6.62. The average molecular weight is 394 g/mol. The molecule has 2 saturated heterocycles. The lowest BCUT2D eigenvalue weighted by molar-refractivity contribution is -0.137. The summed E-state index contributed by atoms with van der Waals surface area (Å²) in [6.45, 7) is 9.06. The van der Waals surface area contributed by atoms with Crippen LogP contribution in [0.1, 0.15) is 18.9 Å². The van der Waals surface area contributed by atoms with Gasteiger partial charge in [-0.3, -0.25) is 9.59 Å². The number of hydrogen-bond donors (Lipinski definition) is 0. The van der Waals surface area contributed by atoms with Crippen molar-refractivity contribution in [3.05, 3.63) is 28.2 Å². The minimum atomic E-state index is -0.223. The van der Waals surface area contributed by atoms with Crippen LogP contribution in [0.15, 0.2) is 22.7 Å². The highest BCUT2D eigenvalue weighted by atomic mass is 79.9. The highest BCUT2D eigenvalue weighted by Crippen LogP contribution is 2.32. The van der Waals surface area contributed by atoms with E-state index in [-0.39, 0.29) is 17.7 Å². The zero-order chi connectivity index (χ0) is 17.3. The number of rotatable bonds is 3. The van der Waals surface area contributed by atoms with Crippen molar-refractivity contribution < 1.29 is 9.59 Å². The van der Waals surface area contributed by atoms with Gasteiger partial charge in [-0.1, -0.05) is 13.0 Å². The zero-order valence-corrected chi connectivity index (χ0v) is 15.9. The van der Waals surface area contributed by atoms with Gasteiger partial charge < -0.3 is 14.7 Å². The topological polar surface area (TPSA) is 43.9 Å². The highest BCUT2D eigenvalue weighted by molar-refractivity contribution is 9.10. The van der Waals surface area contributed by atoms with E-state index in [2.05, 4.69) is 27.8 Å². The van der Waals surface area contributed by atoms with Gasteiger partial charge in [-0.05, 0) is 47.1 Å². The molecule has 130 valence electrons. The van der Waals surface area contributed by atoms with Gasteiger partial charge in [0.2, 0.25) is 11.8 Å². The summed E-state index contributed by atoms with van der Waals surface area (Å²) in [4.78, 5) is 31.2. The van der Waals surface area contributed by atoms with Crippen LogP contribution in [0.5, 0.6) is 0 Å². The molecule has 0 aromatic heterocycles. The number of halogens is 1. The van der Waals surface area contributed by atoms with Gasteiger partial charge in [-0.25, -0.2) is 0 Å². The summed E-state index contributed by atoms with van der Waals surface area (Å²) in [6, 6.07) is 5.94. The predicted molar refractivity (Wildman–Crippen MR) is 98.0 cm³/mol. The zero-order valence-electron chi connectivity index (χ0n) is 14.3. The van der Waals surface area contributed by atoms with Crippen LogP contribution >= 0.6 is 15.9 Å². The third-order valence-electron chi connectivity index (χ3n) is 5.00. The number of hydrogen-bond acceptors (Lipinski definition) is 3. The Balaban J connectivity index is 1.67. The number of nitrogens with zero attached hydrogens (tertiary/aromatic N) is 3. The van der Waals surface area contributed by atoms with E-state index in [0.717, 1.165) is 48.4 Å². The van der Waals surface area contributed by atoms with Crippen molar-refractivity contribution in [2.24, 2.45) is 5.92 Å². The van der Waals surface area contributed by atoms with Crippen LogP contribution in [-0.4, -0.2) is 60.9 Å². The molecule has 2 amide bonds. The summed E-state index contributed by atoms with van der Waals surface area (Å²) in [5.74, 6) is -0.0613. The van der Waals surface area contributed by atoms with Gasteiger partial charge in [0, 0.05) is 43.6 Å². The van der Waals surface area contributed by atoms with Gasteiger partial charge in [-0.15, -0.1) is 0 Å². The maximum absolute atomic E-state index is 12.8. The summed E-state index contributed by atoms with van der Waals surface area (Å²) in [5.41, 5.74) is 2.00. The molecule has 1 unspecified atom stereocenters. The summed E-state index contributed by atoms with van der Waals surface area (Å²) < 4.78 is 0.903. The number of aryl methyl sites for hydroxylation is 1. The van der Waals surface area contributed by atoms with Crippen LogP contribution in [0.3, 0.4) is 0 Å². The molecule has 6 heteroatoms. The van der Waals surface area contributed by atoms with E-state index in [1.807, 2.05) is 30.0 Å². The minimum Gasteiger partial charge on any atom is -0.340 e. The molecule has 3 rings (SSSR count). The SMILES string of the molecule is CCN1CCN(C(=O)C2CC(=O)N(c3ccc(C)cc3Br)C2)CC1. The minimum absolute atomic E-state index is 0.0325. The normalized spacial score (nSPS) is 22.3. The van der Waals surface area contributed by atoms with E-state index in [1.165, 1.54) is 0 Å². The molecule has 0 bridgehead atoms. The standard InChI is InChI=1S/C18H24BrN3O2/c1-3-20-6-8-21(9-7-20)18(24)14-11-17(23)22(12-14)16-5-4-13(2)10-15(16)19/h4-5,10,14H,3,6-9,11-12H2,1-2H3. The third-order valence-corrected chi connectivity index (χ3v) is 5.63. The van der Waals surface area contributed by atoms with Gasteiger partial charge >= 0.3 is 0 Å². The quantitative estimate of drug-likeness (QED) is 0.790. The molecule has 1 aromatic rings. The van der Waals surface area contributed by atoms with E-state index in [4.69, 9.17) is 0 Å². The van der Waals surface area contributed by atoms with Crippen molar-refractivity contribution >= 4 is 33.4 Å². The number of anilines is 1. The number of benzene rings is 1. The lowest BCUT2D eigenvalue weighted by Gasteiger charge is -2.35. The lowest BCUT2D eigenvalue weighted by Crippen LogP contribution is -2.50. The first-order chi connectivity index (χ1) is 11.5. The van der Waals surface area contributed by atoms with Gasteiger partial charge in [0.05, 0.1) is 11.6 Å². The first-order valence-corrected chi connectivity index (χ1v) is 9.36. The Morgan fingerprint density at radius 1 is 1.25 bits per heavy atom. The fourth-order valence-electron chi connectivity index (χ4n) is 3.48. The number of likely N-dealkylation sites (N-methyl/N-ethyl adjacent to an activating group) is 1. The fourth-order valence-corrected chi connectivity index (χ4v) is 4.19. The number of amides is 2. The number of carbonyl (C=O) groups excluding carboxylic acids is 2. The Bertz CT molecular complexity index is 641. The highest BCUT2D eigenvalue weighted by Gasteiger charge is 2.38. The van der Waals surface area contributed by atoms with Crippen LogP contribution in [0.4, 0.5) is 5.69 Å². The molecule has 2 fully saturated rings. The van der Waals surface area contributed by atoms with Gasteiger partial charge in [0.15, 0.2) is 0 Å². The Hall–Kier alpha value is -1.40. The van der Waals surface area contributed by atoms with Crippen molar-refractivity contribution in [1.82, 2.24) is 9.80 Å². The molecule has 2 heterocycles. The fraction of sp³-hybridized carbons (Fsp3) is 0.556. The second-order valence-corrected chi connectivity index (χ2v) is 7.47. The van der Waals surface area contributed by atoms with Gasteiger partial charge in [0.1, 0.15) is 0 Å². The van der Waals surface area contributed by atoms with Crippen LogP contribution in [0, 0.1) is 12.8 Å². The summed E-state index contributed by atoms with van der Waals surface area (Å²) in [5, 5.41) is 0. The first kappa shape index (κ1) is 17.4. The van der Waals surface area contributed by atoms with Crippen LogP contribution in [-0.2, 0) is 9.59 Å². The van der Waals surface area contributed by atoms with E-state index in [9.17, 15) is 9.59 Å². The summed E-state index contributed by atoms with van der Waals surface area (Å²) >= 11 is 3.54. The van der Waals surface area contributed by atoms with Gasteiger partial charge in [-0.2, -0.15) is 0 Å². The molecular weight excluding hydrogens is 370 g/mol. The maximum Gasteiger partial charge on any atom is 0.228 e. The molecule has 24 heavy (non-hydrogen) atoms. The maximum atomic E-state index is 12.8.